The number of aromatic hydroxyl groups is 1. The van der Waals surface area contributed by atoms with Crippen LogP contribution in [0.2, 0.25) is 0 Å². The fraction of sp³-hybridized carbons (Fsp3) is 0.600. The summed E-state index contributed by atoms with van der Waals surface area (Å²) < 4.78 is 0. The van der Waals surface area contributed by atoms with Crippen molar-refractivity contribution in [1.82, 2.24) is 4.90 Å². The lowest BCUT2D eigenvalue weighted by Crippen LogP contribution is -2.35. The Morgan fingerprint density at radius 1 is 1.35 bits per heavy atom. The first kappa shape index (κ1) is 11.1. The van der Waals surface area contributed by atoms with Crippen molar-refractivity contribution < 1.29 is 5.11 Å². The first-order chi connectivity index (χ1) is 8.29. The zero-order valence-corrected chi connectivity index (χ0v) is 10.5. The lowest BCUT2D eigenvalue weighted by molar-refractivity contribution is 0.227. The highest BCUT2D eigenvalue weighted by Crippen LogP contribution is 2.42. The van der Waals surface area contributed by atoms with Crippen molar-refractivity contribution in [3.8, 4) is 5.75 Å². The van der Waals surface area contributed by atoms with Gasteiger partial charge in [-0.1, -0.05) is 13.0 Å². The average Bonchev–Trinajstić information content (AvgIpc) is 2.73. The molecule has 2 aliphatic rings. The summed E-state index contributed by atoms with van der Waals surface area (Å²) in [6.07, 6.45) is 4.98. The van der Waals surface area contributed by atoms with Crippen LogP contribution in [0.4, 0.5) is 0 Å². The Bertz CT molecular complexity index is 415. The minimum absolute atomic E-state index is 0.429. The molecule has 1 aromatic rings. The van der Waals surface area contributed by atoms with Gasteiger partial charge in [-0.05, 0) is 62.0 Å². The van der Waals surface area contributed by atoms with Gasteiger partial charge < -0.3 is 5.11 Å². The van der Waals surface area contributed by atoms with Gasteiger partial charge >= 0.3 is 0 Å². The molecule has 1 heterocycles. The third kappa shape index (κ3) is 1.85. The Labute approximate surface area is 103 Å². The molecule has 0 spiro atoms. The summed E-state index contributed by atoms with van der Waals surface area (Å²) in [6, 6.07) is 6.67. The molecule has 2 atom stereocenters. The minimum Gasteiger partial charge on any atom is -0.508 e. The van der Waals surface area contributed by atoms with Gasteiger partial charge in [-0.15, -0.1) is 0 Å². The molecule has 1 fully saturated rings. The quantitative estimate of drug-likeness (QED) is 0.846. The van der Waals surface area contributed by atoms with Gasteiger partial charge in [0.05, 0.1) is 0 Å². The molecule has 3 rings (SSSR count). The van der Waals surface area contributed by atoms with Crippen molar-refractivity contribution in [2.75, 3.05) is 13.1 Å². The molecular formula is C15H21NO. The highest BCUT2D eigenvalue weighted by atomic mass is 16.3. The second kappa shape index (κ2) is 4.34. The molecule has 0 aromatic heterocycles. The summed E-state index contributed by atoms with van der Waals surface area (Å²) in [7, 11) is 0. The van der Waals surface area contributed by atoms with E-state index in [9.17, 15) is 5.11 Å². The van der Waals surface area contributed by atoms with Gasteiger partial charge in [0.25, 0.3) is 0 Å². The molecular weight excluding hydrogens is 210 g/mol. The van der Waals surface area contributed by atoms with Crippen molar-refractivity contribution in [3.05, 3.63) is 29.3 Å². The van der Waals surface area contributed by atoms with Crippen molar-refractivity contribution in [2.24, 2.45) is 0 Å². The minimum atomic E-state index is 0.429. The maximum atomic E-state index is 9.66. The highest BCUT2D eigenvalue weighted by molar-refractivity contribution is 5.40. The molecule has 17 heavy (non-hydrogen) atoms. The van der Waals surface area contributed by atoms with Crippen molar-refractivity contribution in [2.45, 2.75) is 44.6 Å². The maximum absolute atomic E-state index is 9.66. The van der Waals surface area contributed by atoms with Crippen LogP contribution in [0, 0.1) is 0 Å². The van der Waals surface area contributed by atoms with E-state index in [-0.39, 0.29) is 0 Å². The van der Waals surface area contributed by atoms with Crippen LogP contribution in [0.5, 0.6) is 5.75 Å². The maximum Gasteiger partial charge on any atom is 0.115 e. The number of rotatable bonds is 2. The van der Waals surface area contributed by atoms with E-state index in [4.69, 9.17) is 0 Å². The van der Waals surface area contributed by atoms with E-state index >= 15 is 0 Å². The molecule has 0 bridgehead atoms. The van der Waals surface area contributed by atoms with Gasteiger partial charge in [0, 0.05) is 12.0 Å². The third-order valence-corrected chi connectivity index (χ3v) is 4.41. The molecule has 0 unspecified atom stereocenters. The lowest BCUT2D eigenvalue weighted by Gasteiger charge is -2.33. The van der Waals surface area contributed by atoms with E-state index in [0.29, 0.717) is 11.7 Å². The summed E-state index contributed by atoms with van der Waals surface area (Å²) in [5, 5.41) is 9.66. The molecule has 0 saturated carbocycles. The number of hydrogen-bond donors (Lipinski definition) is 1. The molecule has 1 saturated heterocycles. The molecule has 1 N–H and O–H groups in total. The third-order valence-electron chi connectivity index (χ3n) is 4.41. The zero-order chi connectivity index (χ0) is 11.8. The molecule has 0 radical (unpaired) electrons. The predicted molar refractivity (Wildman–Crippen MR) is 69.4 cm³/mol. The van der Waals surface area contributed by atoms with Gasteiger partial charge in [0.1, 0.15) is 5.75 Å². The van der Waals surface area contributed by atoms with E-state index in [2.05, 4.69) is 17.9 Å². The molecule has 1 aliphatic heterocycles. The molecule has 1 aliphatic carbocycles. The number of phenolic OH excluding ortho intramolecular Hbond substituents is 1. The largest absolute Gasteiger partial charge is 0.508 e. The Morgan fingerprint density at radius 3 is 3.06 bits per heavy atom. The van der Waals surface area contributed by atoms with Gasteiger partial charge in [-0.2, -0.15) is 0 Å². The fourth-order valence-corrected chi connectivity index (χ4v) is 3.69. The highest BCUT2D eigenvalue weighted by Gasteiger charge is 2.37. The second-order valence-electron chi connectivity index (χ2n) is 5.42. The molecule has 2 heteroatoms. The van der Waals surface area contributed by atoms with Gasteiger partial charge in [0.15, 0.2) is 0 Å². The number of aryl methyl sites for hydroxylation is 1. The van der Waals surface area contributed by atoms with Gasteiger partial charge in [0.2, 0.25) is 0 Å². The van der Waals surface area contributed by atoms with E-state index in [0.717, 1.165) is 6.04 Å². The van der Waals surface area contributed by atoms with Gasteiger partial charge in [-0.3, -0.25) is 4.90 Å². The molecule has 2 nitrogen and oxygen atoms in total. The first-order valence-electron chi connectivity index (χ1n) is 6.85. The van der Waals surface area contributed by atoms with Crippen LogP contribution < -0.4 is 0 Å². The van der Waals surface area contributed by atoms with E-state index < -0.39 is 0 Å². The monoisotopic (exact) mass is 231 g/mol. The van der Waals surface area contributed by atoms with E-state index in [1.807, 2.05) is 12.1 Å². The standard InChI is InChI=1S/C15H21NO/c1-2-8-16-9-7-13-14-10-12(17)5-3-11(14)4-6-15(13)16/h3,5,10,13,15,17H,2,4,6-9H2,1H3/t13-,15+/m1/s1. The van der Waals surface area contributed by atoms with Crippen LogP contribution in [-0.2, 0) is 6.42 Å². The Kier molecular flexibility index (Phi) is 2.83. The molecule has 1 aromatic carbocycles. The van der Waals surface area contributed by atoms with Crippen LogP contribution in [-0.4, -0.2) is 29.1 Å². The summed E-state index contributed by atoms with van der Waals surface area (Å²) in [5.74, 6) is 1.09. The number of hydrogen-bond acceptors (Lipinski definition) is 2. The summed E-state index contributed by atoms with van der Waals surface area (Å²) in [5.41, 5.74) is 2.88. The zero-order valence-electron chi connectivity index (χ0n) is 10.5. The predicted octanol–water partition coefficient (Wildman–Crippen LogP) is 2.91. The summed E-state index contributed by atoms with van der Waals surface area (Å²) in [6.45, 7) is 4.73. The van der Waals surface area contributed by atoms with Crippen molar-refractivity contribution >= 4 is 0 Å². The van der Waals surface area contributed by atoms with Crippen LogP contribution in [0.25, 0.3) is 0 Å². The SMILES string of the molecule is CCCN1CC[C@@H]2c3cc(O)ccc3CC[C@@H]21. The number of nitrogens with zero attached hydrogens (tertiary/aromatic N) is 1. The van der Waals surface area contributed by atoms with Crippen molar-refractivity contribution in [1.29, 1.82) is 0 Å². The topological polar surface area (TPSA) is 23.5 Å². The Morgan fingerprint density at radius 2 is 2.24 bits per heavy atom. The van der Waals surface area contributed by atoms with Crippen LogP contribution in [0.3, 0.4) is 0 Å². The first-order valence-corrected chi connectivity index (χ1v) is 6.85. The molecule has 92 valence electrons. The van der Waals surface area contributed by atoms with Crippen LogP contribution >= 0.6 is 0 Å². The fourth-order valence-electron chi connectivity index (χ4n) is 3.69. The van der Waals surface area contributed by atoms with Crippen LogP contribution in [0.1, 0.15) is 43.2 Å². The number of phenols is 1. The second-order valence-corrected chi connectivity index (χ2v) is 5.42. The number of fused-ring (bicyclic) bond motifs is 3. The Hall–Kier alpha value is -1.02. The normalized spacial score (nSPS) is 27.8. The lowest BCUT2D eigenvalue weighted by atomic mass is 9.79. The smallest absolute Gasteiger partial charge is 0.115 e. The van der Waals surface area contributed by atoms with E-state index in [1.54, 1.807) is 0 Å². The van der Waals surface area contributed by atoms with Crippen molar-refractivity contribution in [3.63, 3.8) is 0 Å². The Balaban J connectivity index is 1.90. The summed E-state index contributed by atoms with van der Waals surface area (Å²) in [4.78, 5) is 2.65. The number of likely N-dealkylation sites (tertiary alicyclic amines) is 1. The van der Waals surface area contributed by atoms with E-state index in [1.165, 1.54) is 49.9 Å². The number of benzene rings is 1. The van der Waals surface area contributed by atoms with Crippen LogP contribution in [0.15, 0.2) is 18.2 Å². The molecule has 0 amide bonds. The summed E-state index contributed by atoms with van der Waals surface area (Å²) >= 11 is 0. The average molecular weight is 231 g/mol. The van der Waals surface area contributed by atoms with Gasteiger partial charge in [-0.25, -0.2) is 0 Å².